The highest BCUT2D eigenvalue weighted by atomic mass is 79.9. The molecule has 1 heterocycles. The molecule has 4 nitrogen and oxygen atoms in total. The molecular formula is C16H13BrO4. The van der Waals surface area contributed by atoms with Crippen LogP contribution in [0.4, 0.5) is 0 Å². The lowest BCUT2D eigenvalue weighted by Gasteiger charge is -2.12. The average molecular weight is 349 g/mol. The normalized spacial score (nSPS) is 12.6. The van der Waals surface area contributed by atoms with Crippen LogP contribution in [0.15, 0.2) is 40.9 Å². The number of halogens is 1. The van der Waals surface area contributed by atoms with Gasteiger partial charge in [-0.3, -0.25) is 0 Å². The largest absolute Gasteiger partial charge is 0.493 e. The Morgan fingerprint density at radius 3 is 2.95 bits per heavy atom. The van der Waals surface area contributed by atoms with Gasteiger partial charge in [-0.25, -0.2) is 4.79 Å². The summed E-state index contributed by atoms with van der Waals surface area (Å²) in [5, 5.41) is 9.15. The molecule has 0 saturated heterocycles. The Labute approximate surface area is 130 Å². The van der Waals surface area contributed by atoms with Crippen molar-refractivity contribution in [3.05, 3.63) is 57.6 Å². The molecule has 0 radical (unpaired) electrons. The van der Waals surface area contributed by atoms with E-state index < -0.39 is 5.97 Å². The fraction of sp³-hybridized carbons (Fsp3) is 0.188. The fourth-order valence-electron chi connectivity index (χ4n) is 2.38. The molecule has 3 rings (SSSR count). The number of rotatable bonds is 4. The second-order valence-electron chi connectivity index (χ2n) is 4.74. The van der Waals surface area contributed by atoms with Crippen LogP contribution in [-0.2, 0) is 13.0 Å². The summed E-state index contributed by atoms with van der Waals surface area (Å²) >= 11 is 3.47. The van der Waals surface area contributed by atoms with Crippen molar-refractivity contribution in [3.63, 3.8) is 0 Å². The number of hydrogen-bond acceptors (Lipinski definition) is 3. The first-order chi connectivity index (χ1) is 10.1. The van der Waals surface area contributed by atoms with Gasteiger partial charge in [-0.2, -0.15) is 0 Å². The molecule has 1 aliphatic rings. The molecule has 1 N–H and O–H groups in total. The monoisotopic (exact) mass is 348 g/mol. The van der Waals surface area contributed by atoms with Crippen LogP contribution >= 0.6 is 15.9 Å². The average Bonchev–Trinajstić information content (AvgIpc) is 2.93. The van der Waals surface area contributed by atoms with Gasteiger partial charge in [0.1, 0.15) is 23.7 Å². The number of fused-ring (bicyclic) bond motifs is 1. The van der Waals surface area contributed by atoms with E-state index in [-0.39, 0.29) is 12.2 Å². The van der Waals surface area contributed by atoms with Crippen LogP contribution in [0.1, 0.15) is 21.5 Å². The van der Waals surface area contributed by atoms with Gasteiger partial charge in [0.2, 0.25) is 0 Å². The van der Waals surface area contributed by atoms with Crippen molar-refractivity contribution in [1.29, 1.82) is 0 Å². The summed E-state index contributed by atoms with van der Waals surface area (Å²) in [4.78, 5) is 11.2. The number of carbonyl (C=O) groups is 1. The highest BCUT2D eigenvalue weighted by molar-refractivity contribution is 9.10. The standard InChI is InChI=1S/C16H13BrO4/c17-12-7-10-5-6-20-15(10)11(8-12)9-21-14-4-2-1-3-13(14)16(18)19/h1-4,7-8H,5-6,9H2,(H,18,19). The maximum Gasteiger partial charge on any atom is 0.339 e. The molecule has 21 heavy (non-hydrogen) atoms. The van der Waals surface area contributed by atoms with E-state index in [0.29, 0.717) is 12.4 Å². The lowest BCUT2D eigenvalue weighted by Crippen LogP contribution is -2.04. The SMILES string of the molecule is O=C(O)c1ccccc1OCc1cc(Br)cc2c1OCC2. The Morgan fingerprint density at radius 2 is 2.14 bits per heavy atom. The molecule has 2 aromatic rings. The molecule has 0 spiro atoms. The quantitative estimate of drug-likeness (QED) is 0.915. The molecule has 5 heteroatoms. The molecule has 0 unspecified atom stereocenters. The van der Waals surface area contributed by atoms with Gasteiger partial charge >= 0.3 is 5.97 Å². The van der Waals surface area contributed by atoms with Crippen molar-refractivity contribution < 1.29 is 19.4 Å². The minimum absolute atomic E-state index is 0.157. The molecule has 0 aliphatic carbocycles. The second-order valence-corrected chi connectivity index (χ2v) is 5.66. The summed E-state index contributed by atoms with van der Waals surface area (Å²) in [5.74, 6) is 0.212. The van der Waals surface area contributed by atoms with Crippen LogP contribution in [0.5, 0.6) is 11.5 Å². The fourth-order valence-corrected chi connectivity index (χ4v) is 2.93. The predicted octanol–water partition coefficient (Wildman–Crippen LogP) is 3.66. The molecule has 2 aromatic carbocycles. The molecule has 0 amide bonds. The molecule has 0 saturated carbocycles. The van der Waals surface area contributed by atoms with Crippen molar-refractivity contribution in [3.8, 4) is 11.5 Å². The summed E-state index contributed by atoms with van der Waals surface area (Å²) in [6.45, 7) is 0.941. The van der Waals surface area contributed by atoms with Gasteiger partial charge in [-0.1, -0.05) is 28.1 Å². The number of carboxylic acid groups (broad SMARTS) is 1. The van der Waals surface area contributed by atoms with E-state index in [1.54, 1.807) is 18.2 Å². The van der Waals surface area contributed by atoms with E-state index in [1.165, 1.54) is 6.07 Å². The second kappa shape index (κ2) is 5.77. The van der Waals surface area contributed by atoms with Crippen molar-refractivity contribution in [2.24, 2.45) is 0 Å². The minimum Gasteiger partial charge on any atom is -0.493 e. The van der Waals surface area contributed by atoms with Gasteiger partial charge in [-0.15, -0.1) is 0 Å². The van der Waals surface area contributed by atoms with Crippen molar-refractivity contribution in [1.82, 2.24) is 0 Å². The Balaban J connectivity index is 1.85. The molecule has 108 valence electrons. The van der Waals surface area contributed by atoms with Gasteiger partial charge in [0.05, 0.1) is 6.61 Å². The van der Waals surface area contributed by atoms with Crippen LogP contribution in [0, 0.1) is 0 Å². The van der Waals surface area contributed by atoms with Crippen molar-refractivity contribution in [2.75, 3.05) is 6.61 Å². The molecular weight excluding hydrogens is 336 g/mol. The lowest BCUT2D eigenvalue weighted by molar-refractivity contribution is 0.0691. The third-order valence-corrected chi connectivity index (χ3v) is 3.78. The van der Waals surface area contributed by atoms with E-state index in [0.717, 1.165) is 27.8 Å². The first-order valence-corrected chi connectivity index (χ1v) is 7.33. The van der Waals surface area contributed by atoms with Crippen LogP contribution in [-0.4, -0.2) is 17.7 Å². The number of benzene rings is 2. The van der Waals surface area contributed by atoms with Crippen LogP contribution in [0.2, 0.25) is 0 Å². The maximum atomic E-state index is 11.2. The summed E-state index contributed by atoms with van der Waals surface area (Å²) in [6.07, 6.45) is 0.882. The van der Waals surface area contributed by atoms with Crippen LogP contribution in [0.3, 0.4) is 0 Å². The predicted molar refractivity (Wildman–Crippen MR) is 81.1 cm³/mol. The zero-order valence-corrected chi connectivity index (χ0v) is 12.7. The maximum absolute atomic E-state index is 11.2. The summed E-state index contributed by atoms with van der Waals surface area (Å²) in [6, 6.07) is 10.6. The van der Waals surface area contributed by atoms with Gasteiger partial charge < -0.3 is 14.6 Å². The zero-order valence-electron chi connectivity index (χ0n) is 11.1. The number of hydrogen-bond donors (Lipinski definition) is 1. The molecule has 0 bridgehead atoms. The topological polar surface area (TPSA) is 55.8 Å². The van der Waals surface area contributed by atoms with Gasteiger partial charge in [-0.05, 0) is 29.8 Å². The number of aromatic carboxylic acids is 1. The first-order valence-electron chi connectivity index (χ1n) is 6.54. The summed E-state index contributed by atoms with van der Waals surface area (Å²) in [7, 11) is 0. The van der Waals surface area contributed by atoms with Crippen molar-refractivity contribution in [2.45, 2.75) is 13.0 Å². The molecule has 0 fully saturated rings. The highest BCUT2D eigenvalue weighted by Gasteiger charge is 2.18. The van der Waals surface area contributed by atoms with E-state index in [2.05, 4.69) is 15.9 Å². The van der Waals surface area contributed by atoms with Crippen LogP contribution in [0.25, 0.3) is 0 Å². The number of carboxylic acids is 1. The zero-order chi connectivity index (χ0) is 14.8. The number of para-hydroxylation sites is 1. The Morgan fingerprint density at radius 1 is 1.33 bits per heavy atom. The Kier molecular flexibility index (Phi) is 3.84. The Bertz CT molecular complexity index is 697. The summed E-state index contributed by atoms with van der Waals surface area (Å²) < 4.78 is 12.3. The lowest BCUT2D eigenvalue weighted by atomic mass is 10.1. The Hall–Kier alpha value is -2.01. The third-order valence-electron chi connectivity index (χ3n) is 3.33. The minimum atomic E-state index is -0.999. The van der Waals surface area contributed by atoms with Crippen LogP contribution < -0.4 is 9.47 Å². The molecule has 1 aliphatic heterocycles. The van der Waals surface area contributed by atoms with Gasteiger partial charge in [0.25, 0.3) is 0 Å². The third kappa shape index (κ3) is 2.88. The van der Waals surface area contributed by atoms with E-state index in [9.17, 15) is 4.79 Å². The van der Waals surface area contributed by atoms with E-state index in [1.807, 2.05) is 12.1 Å². The van der Waals surface area contributed by atoms with E-state index >= 15 is 0 Å². The van der Waals surface area contributed by atoms with Gasteiger partial charge in [0.15, 0.2) is 0 Å². The molecule has 0 atom stereocenters. The smallest absolute Gasteiger partial charge is 0.339 e. The van der Waals surface area contributed by atoms with E-state index in [4.69, 9.17) is 14.6 Å². The first kappa shape index (κ1) is 13.9. The van der Waals surface area contributed by atoms with Gasteiger partial charge in [0, 0.05) is 16.5 Å². The number of ether oxygens (including phenoxy) is 2. The van der Waals surface area contributed by atoms with Crippen molar-refractivity contribution >= 4 is 21.9 Å². The summed E-state index contributed by atoms with van der Waals surface area (Å²) in [5.41, 5.74) is 2.22. The highest BCUT2D eigenvalue weighted by Crippen LogP contribution is 2.34. The molecule has 0 aromatic heterocycles.